The van der Waals surface area contributed by atoms with Gasteiger partial charge < -0.3 is 24.6 Å². The first-order chi connectivity index (χ1) is 14.6. The van der Waals surface area contributed by atoms with Gasteiger partial charge in [-0.25, -0.2) is 9.78 Å². The average molecular weight is 435 g/mol. The topological polar surface area (TPSA) is 114 Å². The number of nitrogens with zero attached hydrogens (tertiary/aromatic N) is 2. The molecule has 1 aliphatic rings. The van der Waals surface area contributed by atoms with E-state index in [2.05, 4.69) is 15.0 Å². The number of fused-ring (bicyclic) bond motifs is 1. The van der Waals surface area contributed by atoms with Gasteiger partial charge in [0.2, 0.25) is 5.88 Å². The van der Waals surface area contributed by atoms with E-state index in [1.807, 2.05) is 0 Å². The van der Waals surface area contributed by atoms with Crippen LogP contribution in [0.3, 0.4) is 0 Å². The van der Waals surface area contributed by atoms with E-state index < -0.39 is 24.2 Å². The van der Waals surface area contributed by atoms with E-state index in [1.54, 1.807) is 19.1 Å². The Morgan fingerprint density at radius 1 is 1.35 bits per heavy atom. The zero-order valence-electron chi connectivity index (χ0n) is 16.3. The second-order valence-corrected chi connectivity index (χ2v) is 6.34. The summed E-state index contributed by atoms with van der Waals surface area (Å²) in [5.41, 5.74) is 0.818. The van der Waals surface area contributed by atoms with Gasteiger partial charge in [-0.15, -0.1) is 13.2 Å². The minimum atomic E-state index is -5.05. The van der Waals surface area contributed by atoms with Gasteiger partial charge in [0.05, 0.1) is 35.4 Å². The fourth-order valence-electron chi connectivity index (χ4n) is 3.29. The quantitative estimate of drug-likeness (QED) is 0.648. The Morgan fingerprint density at radius 2 is 2.10 bits per heavy atom. The third-order valence-corrected chi connectivity index (χ3v) is 4.35. The van der Waals surface area contributed by atoms with Crippen molar-refractivity contribution < 1.29 is 37.3 Å². The molecule has 1 aliphatic heterocycles. The van der Waals surface area contributed by atoms with Crippen LogP contribution in [0.1, 0.15) is 36.5 Å². The van der Waals surface area contributed by atoms with Crippen molar-refractivity contribution in [2.45, 2.75) is 26.1 Å². The number of halogens is 3. The Labute approximate surface area is 174 Å². The van der Waals surface area contributed by atoms with E-state index in [1.165, 1.54) is 25.3 Å². The number of ether oxygens (including phenoxy) is 3. The molecule has 0 bridgehead atoms. The molecular formula is C20H16F3N3O5. The Morgan fingerprint density at radius 3 is 2.71 bits per heavy atom. The van der Waals surface area contributed by atoms with Gasteiger partial charge in [-0.1, -0.05) is 6.07 Å². The van der Waals surface area contributed by atoms with E-state index in [9.17, 15) is 23.1 Å². The summed E-state index contributed by atoms with van der Waals surface area (Å²) in [6, 6.07) is 6.79. The second kappa shape index (κ2) is 8.43. The van der Waals surface area contributed by atoms with Crippen molar-refractivity contribution in [3.63, 3.8) is 0 Å². The number of alkyl halides is 3. The van der Waals surface area contributed by atoms with E-state index in [4.69, 9.17) is 14.7 Å². The molecule has 2 N–H and O–H groups in total. The SMILES string of the molecule is CCOc1nccc2c1C(c1ccc(C#N)cc1OC(F)(F)F)C(OC(=O)O)=C(C)N2. The highest BCUT2D eigenvalue weighted by atomic mass is 19.4. The lowest BCUT2D eigenvalue weighted by Gasteiger charge is -2.31. The number of carbonyl (C=O) groups is 1. The number of hydrogen-bond donors (Lipinski definition) is 2. The van der Waals surface area contributed by atoms with Crippen LogP contribution in [0.15, 0.2) is 41.9 Å². The molecule has 11 heteroatoms. The lowest BCUT2D eigenvalue weighted by Crippen LogP contribution is -2.24. The van der Waals surface area contributed by atoms with Crippen LogP contribution in [0.25, 0.3) is 0 Å². The zero-order chi connectivity index (χ0) is 22.8. The zero-order valence-corrected chi connectivity index (χ0v) is 16.3. The third-order valence-electron chi connectivity index (χ3n) is 4.35. The molecule has 162 valence electrons. The molecule has 8 nitrogen and oxygen atoms in total. The van der Waals surface area contributed by atoms with Gasteiger partial charge in [0.1, 0.15) is 11.5 Å². The van der Waals surface area contributed by atoms with Gasteiger partial charge in [-0.3, -0.25) is 0 Å². The molecule has 0 fully saturated rings. The Balaban J connectivity index is 2.31. The summed E-state index contributed by atoms with van der Waals surface area (Å²) in [7, 11) is 0. The number of nitrogens with one attached hydrogen (secondary N) is 1. The number of nitriles is 1. The molecule has 0 spiro atoms. The van der Waals surface area contributed by atoms with Crippen LogP contribution in [0, 0.1) is 11.3 Å². The summed E-state index contributed by atoms with van der Waals surface area (Å²) in [6.45, 7) is 3.41. The molecule has 0 aliphatic carbocycles. The molecule has 1 atom stereocenters. The highest BCUT2D eigenvalue weighted by Gasteiger charge is 2.39. The van der Waals surface area contributed by atoms with Gasteiger partial charge in [0.25, 0.3) is 0 Å². The lowest BCUT2D eigenvalue weighted by atomic mass is 9.85. The van der Waals surface area contributed by atoms with Crippen LogP contribution in [-0.4, -0.2) is 29.2 Å². The first kappa shape index (κ1) is 21.8. The number of hydrogen-bond acceptors (Lipinski definition) is 7. The Kier molecular flexibility index (Phi) is 5.92. The molecule has 0 saturated carbocycles. The van der Waals surface area contributed by atoms with Gasteiger partial charge in [-0.2, -0.15) is 5.26 Å². The number of carboxylic acid groups (broad SMARTS) is 1. The van der Waals surface area contributed by atoms with E-state index in [0.717, 1.165) is 6.07 Å². The maximum Gasteiger partial charge on any atom is 0.573 e. The molecule has 1 unspecified atom stereocenters. The van der Waals surface area contributed by atoms with Crippen LogP contribution >= 0.6 is 0 Å². The number of pyridine rings is 1. The molecule has 0 saturated heterocycles. The van der Waals surface area contributed by atoms with Crippen molar-refractivity contribution in [2.24, 2.45) is 0 Å². The first-order valence-corrected chi connectivity index (χ1v) is 8.94. The summed E-state index contributed by atoms with van der Waals surface area (Å²) in [4.78, 5) is 15.5. The third kappa shape index (κ3) is 4.63. The summed E-state index contributed by atoms with van der Waals surface area (Å²) in [5.74, 6) is -1.94. The predicted octanol–water partition coefficient (Wildman–Crippen LogP) is 4.73. The molecule has 2 heterocycles. The van der Waals surface area contributed by atoms with E-state index in [-0.39, 0.29) is 40.6 Å². The van der Waals surface area contributed by atoms with Crippen molar-refractivity contribution in [3.8, 4) is 17.7 Å². The fraction of sp³-hybridized carbons (Fsp3) is 0.250. The average Bonchev–Trinajstić information content (AvgIpc) is 2.68. The summed E-state index contributed by atoms with van der Waals surface area (Å²) in [6.07, 6.45) is -5.27. The van der Waals surface area contributed by atoms with Crippen molar-refractivity contribution in [1.82, 2.24) is 4.98 Å². The van der Waals surface area contributed by atoms with E-state index in [0.29, 0.717) is 5.69 Å². The molecule has 2 aromatic rings. The normalized spacial score (nSPS) is 15.4. The van der Waals surface area contributed by atoms with Crippen molar-refractivity contribution >= 4 is 11.8 Å². The van der Waals surface area contributed by atoms with Crippen molar-refractivity contribution in [3.05, 3.63) is 58.6 Å². The number of allylic oxidation sites excluding steroid dienone is 2. The number of anilines is 1. The number of rotatable bonds is 5. The summed E-state index contributed by atoms with van der Waals surface area (Å²) >= 11 is 0. The Bertz CT molecular complexity index is 1090. The fourth-order valence-corrected chi connectivity index (χ4v) is 3.29. The highest BCUT2D eigenvalue weighted by molar-refractivity contribution is 5.70. The highest BCUT2D eigenvalue weighted by Crippen LogP contribution is 2.48. The van der Waals surface area contributed by atoms with Crippen LogP contribution < -0.4 is 14.8 Å². The summed E-state index contributed by atoms with van der Waals surface area (Å²) < 4.78 is 54.0. The van der Waals surface area contributed by atoms with Crippen LogP contribution in [0.5, 0.6) is 11.6 Å². The standard InChI is InChI=1S/C20H16F3N3O5/c1-3-29-18-16-13(6-7-25-18)26-10(2)17(30-19(27)28)15(16)12-5-4-11(9-24)8-14(12)31-20(21,22)23/h4-8,15,26H,3H2,1-2H3,(H,27,28). The largest absolute Gasteiger partial charge is 0.573 e. The minimum Gasteiger partial charge on any atom is -0.478 e. The van der Waals surface area contributed by atoms with Crippen LogP contribution in [-0.2, 0) is 4.74 Å². The van der Waals surface area contributed by atoms with Gasteiger partial charge in [-0.05, 0) is 32.0 Å². The lowest BCUT2D eigenvalue weighted by molar-refractivity contribution is -0.274. The number of aromatic nitrogens is 1. The van der Waals surface area contributed by atoms with Gasteiger partial charge in [0.15, 0.2) is 0 Å². The molecule has 31 heavy (non-hydrogen) atoms. The summed E-state index contributed by atoms with van der Waals surface area (Å²) in [5, 5.41) is 21.3. The molecular weight excluding hydrogens is 419 g/mol. The van der Waals surface area contributed by atoms with Crippen LogP contribution in [0.4, 0.5) is 23.7 Å². The Hall–Kier alpha value is -3.94. The molecule has 1 aromatic heterocycles. The second-order valence-electron chi connectivity index (χ2n) is 6.34. The molecule has 1 aromatic carbocycles. The van der Waals surface area contributed by atoms with Gasteiger partial charge in [0, 0.05) is 17.4 Å². The number of benzene rings is 1. The van der Waals surface area contributed by atoms with Crippen molar-refractivity contribution in [2.75, 3.05) is 11.9 Å². The first-order valence-electron chi connectivity index (χ1n) is 8.94. The van der Waals surface area contributed by atoms with Crippen molar-refractivity contribution in [1.29, 1.82) is 5.26 Å². The molecule has 3 rings (SSSR count). The molecule has 0 amide bonds. The van der Waals surface area contributed by atoms with Crippen LogP contribution in [0.2, 0.25) is 0 Å². The maximum atomic E-state index is 13.1. The maximum absolute atomic E-state index is 13.1. The monoisotopic (exact) mass is 435 g/mol. The van der Waals surface area contributed by atoms with Gasteiger partial charge >= 0.3 is 12.5 Å². The minimum absolute atomic E-state index is 0.0743. The predicted molar refractivity (Wildman–Crippen MR) is 101 cm³/mol. The molecule has 0 radical (unpaired) electrons. The smallest absolute Gasteiger partial charge is 0.478 e. The van der Waals surface area contributed by atoms with E-state index >= 15 is 0 Å².